The topological polar surface area (TPSA) is 73.5 Å². The van der Waals surface area contributed by atoms with Crippen molar-refractivity contribution in [3.05, 3.63) is 78.3 Å². The maximum Gasteiger partial charge on any atom is 0.246 e. The van der Waals surface area contributed by atoms with Gasteiger partial charge in [0.2, 0.25) is 5.95 Å². The van der Waals surface area contributed by atoms with Crippen LogP contribution in [0.2, 0.25) is 0 Å². The van der Waals surface area contributed by atoms with E-state index < -0.39 is 11.9 Å². The summed E-state index contributed by atoms with van der Waals surface area (Å²) in [7, 11) is 0. The molecule has 7 nitrogen and oxygen atoms in total. The molecule has 4 rings (SSSR count). The minimum atomic E-state index is -0.617. The Morgan fingerprint density at radius 3 is 2.81 bits per heavy atom. The fraction of sp³-hybridized carbons (Fsp3) is 0.391. The molecule has 9 heteroatoms. The van der Waals surface area contributed by atoms with Crippen LogP contribution in [0.1, 0.15) is 61.3 Å². The Balaban J connectivity index is 1.49. The van der Waals surface area contributed by atoms with Crippen LogP contribution in [0.25, 0.3) is 0 Å². The second-order valence-electron chi connectivity index (χ2n) is 7.97. The zero-order chi connectivity index (χ0) is 22.5. The van der Waals surface area contributed by atoms with Gasteiger partial charge < -0.3 is 5.32 Å². The van der Waals surface area contributed by atoms with Gasteiger partial charge in [-0.3, -0.25) is 0 Å². The quantitative estimate of drug-likeness (QED) is 0.557. The first-order chi connectivity index (χ1) is 15.5. The first kappa shape index (κ1) is 21.9. The number of hydrogen-bond donors (Lipinski definition) is 1. The lowest BCUT2D eigenvalue weighted by Crippen LogP contribution is -2.14. The van der Waals surface area contributed by atoms with E-state index in [4.69, 9.17) is 4.98 Å². The van der Waals surface area contributed by atoms with Gasteiger partial charge in [-0.25, -0.2) is 23.1 Å². The largest absolute Gasteiger partial charge is 0.330 e. The number of aromatic nitrogens is 6. The van der Waals surface area contributed by atoms with E-state index in [1.807, 2.05) is 16.8 Å². The van der Waals surface area contributed by atoms with Gasteiger partial charge in [0.1, 0.15) is 35.7 Å². The predicted molar refractivity (Wildman–Crippen MR) is 118 cm³/mol. The molecule has 168 valence electrons. The van der Waals surface area contributed by atoms with Crippen LogP contribution < -0.4 is 5.32 Å². The second kappa shape index (κ2) is 9.84. The van der Waals surface area contributed by atoms with E-state index in [0.717, 1.165) is 43.6 Å². The number of halogens is 2. The summed E-state index contributed by atoms with van der Waals surface area (Å²) in [5.74, 6) is 1.32. The van der Waals surface area contributed by atoms with E-state index in [2.05, 4.69) is 27.1 Å². The van der Waals surface area contributed by atoms with Crippen LogP contribution in [-0.2, 0) is 6.54 Å². The zero-order valence-electron chi connectivity index (χ0n) is 18.1. The third-order valence-electron chi connectivity index (χ3n) is 5.75. The Hall–Kier alpha value is -3.36. The number of benzene rings is 1. The zero-order valence-corrected chi connectivity index (χ0v) is 18.1. The van der Waals surface area contributed by atoms with Gasteiger partial charge in [0.15, 0.2) is 0 Å². The highest BCUT2D eigenvalue weighted by atomic mass is 19.1. The Bertz CT molecular complexity index is 1080. The van der Waals surface area contributed by atoms with Crippen molar-refractivity contribution in [2.75, 3.05) is 5.32 Å². The summed E-state index contributed by atoms with van der Waals surface area (Å²) < 4.78 is 30.8. The molecule has 0 fully saturated rings. The van der Waals surface area contributed by atoms with Gasteiger partial charge in [-0.05, 0) is 43.9 Å². The molecule has 32 heavy (non-hydrogen) atoms. The molecule has 0 saturated carbocycles. The van der Waals surface area contributed by atoms with Crippen molar-refractivity contribution >= 4 is 5.95 Å². The standard InChI is InChI=1S/C23H27F2N7/c1-16(24)21(32-17(2)27-15-28-32)8-6-13-26-23-29-22-20(18-9-11-19(25)12-10-18)7-4-3-5-14-31(22)30-23/h6,9-13,15,20-21H,1,3-5,7-8,14H2,2H3,(H,26,30)/b13-6+/t20-,21?/m1/s1. The summed E-state index contributed by atoms with van der Waals surface area (Å²) in [6.07, 6.45) is 9.46. The lowest BCUT2D eigenvalue weighted by molar-refractivity contribution is 0.418. The smallest absolute Gasteiger partial charge is 0.246 e. The van der Waals surface area contributed by atoms with Crippen LogP contribution in [0.4, 0.5) is 14.7 Å². The number of aryl methyl sites for hydroxylation is 2. The Labute approximate surface area is 185 Å². The number of rotatable bonds is 7. The number of hydrogen-bond acceptors (Lipinski definition) is 5. The minimum absolute atomic E-state index is 0.0671. The van der Waals surface area contributed by atoms with Gasteiger partial charge in [-0.2, -0.15) is 10.1 Å². The van der Waals surface area contributed by atoms with E-state index in [9.17, 15) is 8.78 Å². The number of fused-ring (bicyclic) bond motifs is 1. The van der Waals surface area contributed by atoms with Crippen molar-refractivity contribution in [1.82, 2.24) is 29.5 Å². The Kier molecular flexibility index (Phi) is 6.72. The van der Waals surface area contributed by atoms with Crippen LogP contribution in [0.15, 0.2) is 55.3 Å². The van der Waals surface area contributed by atoms with E-state index in [-0.39, 0.29) is 11.7 Å². The van der Waals surface area contributed by atoms with E-state index in [1.54, 1.807) is 19.2 Å². The molecule has 0 spiro atoms. The monoisotopic (exact) mass is 439 g/mol. The molecule has 0 aliphatic carbocycles. The van der Waals surface area contributed by atoms with Crippen molar-refractivity contribution in [3.63, 3.8) is 0 Å². The number of nitrogens with zero attached hydrogens (tertiary/aromatic N) is 6. The van der Waals surface area contributed by atoms with Crippen LogP contribution in [0.5, 0.6) is 0 Å². The van der Waals surface area contributed by atoms with Gasteiger partial charge in [-0.1, -0.05) is 37.6 Å². The highest BCUT2D eigenvalue weighted by molar-refractivity contribution is 5.33. The normalized spacial score (nSPS) is 17.5. The predicted octanol–water partition coefficient (Wildman–Crippen LogP) is 5.06. The van der Waals surface area contributed by atoms with E-state index in [1.165, 1.54) is 23.1 Å². The first-order valence-electron chi connectivity index (χ1n) is 10.8. The van der Waals surface area contributed by atoms with Gasteiger partial charge in [0.25, 0.3) is 0 Å². The molecule has 1 aromatic carbocycles. The molecule has 0 amide bonds. The third kappa shape index (κ3) is 4.92. The SMILES string of the molecule is C=C(F)C(C/C=C/Nc1nc2n(n1)CCCCC[C@@H]2c1ccc(F)cc1)n1ncnc1C. The summed E-state index contributed by atoms with van der Waals surface area (Å²) in [4.78, 5) is 8.77. The van der Waals surface area contributed by atoms with Gasteiger partial charge in [0.05, 0.1) is 0 Å². The number of anilines is 1. The molecule has 2 aromatic heterocycles. The fourth-order valence-corrected chi connectivity index (χ4v) is 4.07. The van der Waals surface area contributed by atoms with Crippen LogP contribution in [-0.4, -0.2) is 29.5 Å². The van der Waals surface area contributed by atoms with Crippen molar-refractivity contribution in [2.45, 2.75) is 57.5 Å². The average Bonchev–Trinajstić information content (AvgIpc) is 3.35. The number of nitrogens with one attached hydrogen (secondary N) is 1. The molecule has 3 aromatic rings. The summed E-state index contributed by atoms with van der Waals surface area (Å²) in [6, 6.07) is 6.01. The Morgan fingerprint density at radius 2 is 2.09 bits per heavy atom. The van der Waals surface area contributed by atoms with E-state index in [0.29, 0.717) is 18.2 Å². The van der Waals surface area contributed by atoms with Crippen molar-refractivity contribution in [1.29, 1.82) is 0 Å². The summed E-state index contributed by atoms with van der Waals surface area (Å²) in [5, 5.41) is 11.8. The molecule has 1 unspecified atom stereocenters. The molecule has 0 bridgehead atoms. The number of allylic oxidation sites excluding steroid dienone is 2. The van der Waals surface area contributed by atoms with Gasteiger partial charge >= 0.3 is 0 Å². The van der Waals surface area contributed by atoms with Gasteiger partial charge in [0, 0.05) is 18.7 Å². The minimum Gasteiger partial charge on any atom is -0.330 e. The summed E-state index contributed by atoms with van der Waals surface area (Å²) in [6.45, 7) is 6.00. The molecular formula is C23H27F2N7. The molecule has 0 saturated heterocycles. The third-order valence-corrected chi connectivity index (χ3v) is 5.75. The molecule has 1 aliphatic rings. The second-order valence-corrected chi connectivity index (χ2v) is 7.97. The lowest BCUT2D eigenvalue weighted by Gasteiger charge is -2.20. The molecule has 1 N–H and O–H groups in total. The van der Waals surface area contributed by atoms with Crippen molar-refractivity contribution in [3.8, 4) is 0 Å². The molecule has 1 aliphatic heterocycles. The van der Waals surface area contributed by atoms with Crippen LogP contribution in [0.3, 0.4) is 0 Å². The Morgan fingerprint density at radius 1 is 1.28 bits per heavy atom. The lowest BCUT2D eigenvalue weighted by atomic mass is 9.91. The highest BCUT2D eigenvalue weighted by Crippen LogP contribution is 2.32. The van der Waals surface area contributed by atoms with E-state index >= 15 is 0 Å². The maximum absolute atomic E-state index is 13.9. The van der Waals surface area contributed by atoms with Crippen LogP contribution >= 0.6 is 0 Å². The van der Waals surface area contributed by atoms with Crippen molar-refractivity contribution < 1.29 is 8.78 Å². The van der Waals surface area contributed by atoms with Gasteiger partial charge in [-0.15, -0.1) is 5.10 Å². The summed E-state index contributed by atoms with van der Waals surface area (Å²) in [5.41, 5.74) is 1.04. The van der Waals surface area contributed by atoms with Crippen LogP contribution in [0, 0.1) is 12.7 Å². The maximum atomic E-state index is 13.9. The average molecular weight is 440 g/mol. The first-order valence-corrected chi connectivity index (χ1v) is 10.8. The van der Waals surface area contributed by atoms with Crippen molar-refractivity contribution in [2.24, 2.45) is 0 Å². The fourth-order valence-electron chi connectivity index (χ4n) is 4.07. The summed E-state index contributed by atoms with van der Waals surface area (Å²) >= 11 is 0. The molecular weight excluding hydrogens is 412 g/mol. The highest BCUT2D eigenvalue weighted by Gasteiger charge is 2.23. The molecule has 0 radical (unpaired) electrons. The molecule has 2 atom stereocenters. The molecule has 3 heterocycles.